The molecule has 1 fully saturated rings. The lowest BCUT2D eigenvalue weighted by Gasteiger charge is -2.13. The molecule has 6 heteroatoms. The Morgan fingerprint density at radius 2 is 2.04 bits per heavy atom. The van der Waals surface area contributed by atoms with Crippen molar-refractivity contribution in [1.29, 1.82) is 0 Å². The third kappa shape index (κ3) is 3.08. The first kappa shape index (κ1) is 15.7. The molecule has 1 aromatic carbocycles. The maximum Gasteiger partial charge on any atom is 0.168 e. The van der Waals surface area contributed by atoms with Crippen molar-refractivity contribution in [3.8, 4) is 0 Å². The molecule has 5 nitrogen and oxygen atoms in total. The van der Waals surface area contributed by atoms with Gasteiger partial charge in [-0.3, -0.25) is 0 Å². The molecule has 3 aromatic rings. The molecule has 1 N–H and O–H groups in total. The summed E-state index contributed by atoms with van der Waals surface area (Å²) in [6.07, 6.45) is 7.77. The number of hydrogen-bond donors (Lipinski definition) is 1. The van der Waals surface area contributed by atoms with Crippen LogP contribution in [-0.2, 0) is 6.54 Å². The van der Waals surface area contributed by atoms with Crippen LogP contribution in [0.4, 0.5) is 0 Å². The molecule has 0 aliphatic heterocycles. The minimum atomic E-state index is -0.432. The molecule has 0 unspecified atom stereocenters. The fourth-order valence-corrected chi connectivity index (χ4v) is 3.89. The number of imidazole rings is 2. The van der Waals surface area contributed by atoms with Crippen molar-refractivity contribution in [2.24, 2.45) is 0 Å². The smallest absolute Gasteiger partial charge is 0.168 e. The van der Waals surface area contributed by atoms with E-state index in [1.807, 2.05) is 23.3 Å². The van der Waals surface area contributed by atoms with Crippen LogP contribution in [0.2, 0.25) is 0 Å². The van der Waals surface area contributed by atoms with E-state index in [2.05, 4.69) is 40.5 Å². The Morgan fingerprint density at radius 3 is 2.83 bits per heavy atom. The van der Waals surface area contributed by atoms with Gasteiger partial charge in [0.05, 0.1) is 30.0 Å². The minimum absolute atomic E-state index is 0.432. The van der Waals surface area contributed by atoms with Crippen molar-refractivity contribution in [2.75, 3.05) is 5.75 Å². The highest BCUT2D eigenvalue weighted by molar-refractivity contribution is 7.99. The summed E-state index contributed by atoms with van der Waals surface area (Å²) in [5.74, 6) is 0.633. The summed E-state index contributed by atoms with van der Waals surface area (Å²) >= 11 is 1.63. The predicted octanol–water partition coefficient (Wildman–Crippen LogP) is 3.34. The summed E-state index contributed by atoms with van der Waals surface area (Å²) in [7, 11) is 0. The van der Waals surface area contributed by atoms with Crippen molar-refractivity contribution >= 4 is 22.8 Å². The van der Waals surface area contributed by atoms with Crippen LogP contribution in [-0.4, -0.2) is 36.1 Å². The fraction of sp³-hybridized carbons (Fsp3) is 0.444. The number of fused-ring (bicyclic) bond motifs is 1. The first-order valence-corrected chi connectivity index (χ1v) is 9.36. The van der Waals surface area contributed by atoms with Crippen molar-refractivity contribution in [3.63, 3.8) is 0 Å². The van der Waals surface area contributed by atoms with Gasteiger partial charge in [-0.05, 0) is 49.9 Å². The van der Waals surface area contributed by atoms with Crippen LogP contribution in [0, 0.1) is 13.8 Å². The monoisotopic (exact) mass is 342 g/mol. The van der Waals surface area contributed by atoms with Crippen LogP contribution in [0.15, 0.2) is 36.0 Å². The van der Waals surface area contributed by atoms with E-state index < -0.39 is 6.10 Å². The highest BCUT2D eigenvalue weighted by atomic mass is 32.2. The van der Waals surface area contributed by atoms with Crippen molar-refractivity contribution in [2.45, 2.75) is 50.5 Å². The molecule has 1 atom stereocenters. The SMILES string of the molecule is Cc1cc2ncn(C[C@H](O)CSc3nccn3C3CC3)c2cc1C. The van der Waals surface area contributed by atoms with E-state index in [9.17, 15) is 5.11 Å². The summed E-state index contributed by atoms with van der Waals surface area (Å²) in [5.41, 5.74) is 4.57. The second kappa shape index (κ2) is 6.26. The summed E-state index contributed by atoms with van der Waals surface area (Å²) in [6.45, 7) is 4.76. The molecule has 4 rings (SSSR count). The second-order valence-corrected chi connectivity index (χ2v) is 7.62. The van der Waals surface area contributed by atoms with E-state index >= 15 is 0 Å². The van der Waals surface area contributed by atoms with Gasteiger partial charge in [-0.25, -0.2) is 9.97 Å². The lowest BCUT2D eigenvalue weighted by molar-refractivity contribution is 0.179. The average Bonchev–Trinajstić information content (AvgIpc) is 3.19. The first-order valence-electron chi connectivity index (χ1n) is 8.37. The number of rotatable bonds is 6. The summed E-state index contributed by atoms with van der Waals surface area (Å²) < 4.78 is 4.27. The number of aromatic nitrogens is 4. The summed E-state index contributed by atoms with van der Waals surface area (Å²) in [5, 5.41) is 11.5. The Hall–Kier alpha value is -1.79. The lowest BCUT2D eigenvalue weighted by Crippen LogP contribution is -2.18. The van der Waals surface area contributed by atoms with Crippen molar-refractivity contribution in [3.05, 3.63) is 42.0 Å². The van der Waals surface area contributed by atoms with Gasteiger partial charge >= 0.3 is 0 Å². The van der Waals surface area contributed by atoms with E-state index in [1.54, 1.807) is 11.8 Å². The normalized spacial score (nSPS) is 16.0. The number of benzene rings is 1. The molecule has 2 aromatic heterocycles. The van der Waals surface area contributed by atoms with Crippen LogP contribution in [0.1, 0.15) is 30.0 Å². The van der Waals surface area contributed by atoms with E-state index in [1.165, 1.54) is 24.0 Å². The van der Waals surface area contributed by atoms with E-state index in [4.69, 9.17) is 0 Å². The largest absolute Gasteiger partial charge is 0.390 e. The van der Waals surface area contributed by atoms with Gasteiger partial charge in [0.2, 0.25) is 0 Å². The van der Waals surface area contributed by atoms with Crippen molar-refractivity contribution < 1.29 is 5.11 Å². The molecule has 0 amide bonds. The van der Waals surface area contributed by atoms with Crippen LogP contribution < -0.4 is 0 Å². The maximum absolute atomic E-state index is 10.4. The van der Waals surface area contributed by atoms with Gasteiger partial charge in [0.15, 0.2) is 5.16 Å². The van der Waals surface area contributed by atoms with Gasteiger partial charge in [0.25, 0.3) is 0 Å². The number of nitrogens with zero attached hydrogens (tertiary/aromatic N) is 4. The zero-order valence-corrected chi connectivity index (χ0v) is 14.8. The van der Waals surface area contributed by atoms with Gasteiger partial charge in [0, 0.05) is 24.2 Å². The Morgan fingerprint density at radius 1 is 1.25 bits per heavy atom. The number of thioether (sulfide) groups is 1. The van der Waals surface area contributed by atoms with Gasteiger partial charge < -0.3 is 14.2 Å². The molecule has 1 aliphatic rings. The number of hydrogen-bond acceptors (Lipinski definition) is 4. The summed E-state index contributed by atoms with van der Waals surface area (Å²) in [4.78, 5) is 8.87. The number of aliphatic hydroxyl groups is 1. The van der Waals surface area contributed by atoms with Gasteiger partial charge in [-0.2, -0.15) is 0 Å². The number of aliphatic hydroxyl groups excluding tert-OH is 1. The molecule has 0 radical (unpaired) electrons. The predicted molar refractivity (Wildman–Crippen MR) is 96.4 cm³/mol. The molecule has 0 spiro atoms. The highest BCUT2D eigenvalue weighted by Crippen LogP contribution is 2.37. The molecule has 0 saturated heterocycles. The van der Waals surface area contributed by atoms with E-state index in [0.717, 1.165) is 16.2 Å². The molecule has 1 saturated carbocycles. The Bertz CT molecular complexity index is 865. The van der Waals surface area contributed by atoms with Crippen LogP contribution >= 0.6 is 11.8 Å². The maximum atomic E-state index is 10.4. The third-order valence-electron chi connectivity index (χ3n) is 4.62. The third-order valence-corrected chi connectivity index (χ3v) is 5.75. The van der Waals surface area contributed by atoms with Gasteiger partial charge in [0.1, 0.15) is 0 Å². The standard InChI is InChI=1S/C18H22N4OS/c1-12-7-16-17(8-13(12)2)21(11-20-16)9-15(23)10-24-18-19-5-6-22(18)14-3-4-14/h5-8,11,14-15,23H,3-4,9-10H2,1-2H3/t15-/m0/s1. The van der Waals surface area contributed by atoms with E-state index in [0.29, 0.717) is 18.3 Å². The topological polar surface area (TPSA) is 55.9 Å². The molecular formula is C18H22N4OS. The lowest BCUT2D eigenvalue weighted by atomic mass is 10.1. The zero-order valence-electron chi connectivity index (χ0n) is 14.0. The number of aryl methyl sites for hydroxylation is 2. The Kier molecular flexibility index (Phi) is 4.10. The quantitative estimate of drug-likeness (QED) is 0.698. The second-order valence-electron chi connectivity index (χ2n) is 6.64. The molecule has 126 valence electrons. The summed E-state index contributed by atoms with van der Waals surface area (Å²) in [6, 6.07) is 4.88. The van der Waals surface area contributed by atoms with Crippen LogP contribution in [0.25, 0.3) is 11.0 Å². The van der Waals surface area contributed by atoms with Gasteiger partial charge in [-0.15, -0.1) is 0 Å². The van der Waals surface area contributed by atoms with Crippen molar-refractivity contribution in [1.82, 2.24) is 19.1 Å². The fourth-order valence-electron chi connectivity index (χ4n) is 2.95. The average molecular weight is 342 g/mol. The molecule has 0 bridgehead atoms. The Balaban J connectivity index is 1.43. The van der Waals surface area contributed by atoms with Gasteiger partial charge in [-0.1, -0.05) is 11.8 Å². The minimum Gasteiger partial charge on any atom is -0.390 e. The molecule has 24 heavy (non-hydrogen) atoms. The molecule has 1 aliphatic carbocycles. The van der Waals surface area contributed by atoms with Crippen LogP contribution in [0.5, 0.6) is 0 Å². The Labute approximate surface area is 145 Å². The van der Waals surface area contributed by atoms with E-state index in [-0.39, 0.29) is 0 Å². The zero-order chi connectivity index (χ0) is 16.7. The first-order chi connectivity index (χ1) is 11.6. The van der Waals surface area contributed by atoms with Crippen LogP contribution in [0.3, 0.4) is 0 Å². The highest BCUT2D eigenvalue weighted by Gasteiger charge is 2.25. The molecule has 2 heterocycles. The molecular weight excluding hydrogens is 320 g/mol.